The van der Waals surface area contributed by atoms with Crippen LogP contribution in [0.15, 0.2) is 54.7 Å². The minimum absolute atomic E-state index is 0.825. The molecule has 2 aromatic carbocycles. The molecule has 0 amide bonds. The van der Waals surface area contributed by atoms with Gasteiger partial charge in [-0.3, -0.25) is 0 Å². The van der Waals surface area contributed by atoms with Crippen molar-refractivity contribution in [3.05, 3.63) is 65.9 Å². The van der Waals surface area contributed by atoms with Crippen molar-refractivity contribution >= 4 is 16.6 Å². The van der Waals surface area contributed by atoms with Gasteiger partial charge in [0, 0.05) is 22.8 Å². The fourth-order valence-electron chi connectivity index (χ4n) is 2.30. The molecule has 0 bridgehead atoms. The first kappa shape index (κ1) is 10.9. The van der Waals surface area contributed by atoms with E-state index in [1.54, 1.807) is 0 Å². The van der Waals surface area contributed by atoms with Crippen molar-refractivity contribution in [2.75, 3.05) is 5.73 Å². The molecule has 2 nitrogen and oxygen atoms in total. The van der Waals surface area contributed by atoms with Crippen molar-refractivity contribution < 1.29 is 0 Å². The highest BCUT2D eigenvalue weighted by Crippen LogP contribution is 2.19. The van der Waals surface area contributed by atoms with Crippen molar-refractivity contribution in [3.63, 3.8) is 0 Å². The topological polar surface area (TPSA) is 41.8 Å². The summed E-state index contributed by atoms with van der Waals surface area (Å²) in [5, 5.41) is 1.33. The minimum Gasteiger partial charge on any atom is -0.399 e. The van der Waals surface area contributed by atoms with Gasteiger partial charge in [0.15, 0.2) is 0 Å². The van der Waals surface area contributed by atoms with Crippen molar-refractivity contribution in [3.8, 4) is 0 Å². The van der Waals surface area contributed by atoms with Crippen LogP contribution in [-0.4, -0.2) is 4.98 Å². The standard InChI is InChI=1S/C16H16N2/c17-14-9-6-12(7-10-14)5-8-13-11-18-16-4-2-1-3-15(13)16/h1-4,6-7,9-11,18H,5,8,17H2. The van der Waals surface area contributed by atoms with Crippen LogP contribution in [0.25, 0.3) is 10.9 Å². The van der Waals surface area contributed by atoms with E-state index in [1.165, 1.54) is 22.0 Å². The van der Waals surface area contributed by atoms with Crippen LogP contribution in [0.5, 0.6) is 0 Å². The molecular weight excluding hydrogens is 220 g/mol. The summed E-state index contributed by atoms with van der Waals surface area (Å²) in [5.41, 5.74) is 10.4. The lowest BCUT2D eigenvalue weighted by Crippen LogP contribution is -1.91. The Bertz CT molecular complexity index is 650. The second-order valence-electron chi connectivity index (χ2n) is 4.60. The van der Waals surface area contributed by atoms with Gasteiger partial charge in [-0.15, -0.1) is 0 Å². The molecule has 1 aromatic heterocycles. The molecule has 0 fully saturated rings. The summed E-state index contributed by atoms with van der Waals surface area (Å²) in [6, 6.07) is 16.6. The third kappa shape index (κ3) is 2.09. The van der Waals surface area contributed by atoms with Gasteiger partial charge in [0.25, 0.3) is 0 Å². The number of fused-ring (bicyclic) bond motifs is 1. The molecule has 0 aliphatic heterocycles. The van der Waals surface area contributed by atoms with Crippen molar-refractivity contribution in [2.24, 2.45) is 0 Å². The van der Waals surface area contributed by atoms with Gasteiger partial charge in [0.05, 0.1) is 0 Å². The zero-order valence-electron chi connectivity index (χ0n) is 10.2. The molecule has 3 aromatic rings. The average Bonchev–Trinajstić information content (AvgIpc) is 2.82. The molecule has 0 aliphatic rings. The molecule has 2 heteroatoms. The third-order valence-electron chi connectivity index (χ3n) is 3.34. The third-order valence-corrected chi connectivity index (χ3v) is 3.34. The molecule has 0 unspecified atom stereocenters. The van der Waals surface area contributed by atoms with E-state index in [9.17, 15) is 0 Å². The number of nitrogens with two attached hydrogens (primary N) is 1. The number of rotatable bonds is 3. The zero-order chi connectivity index (χ0) is 12.4. The first-order valence-electron chi connectivity index (χ1n) is 6.22. The monoisotopic (exact) mass is 236 g/mol. The molecule has 0 radical (unpaired) electrons. The molecule has 0 atom stereocenters. The van der Waals surface area contributed by atoms with E-state index in [4.69, 9.17) is 5.73 Å². The zero-order valence-corrected chi connectivity index (χ0v) is 10.2. The van der Waals surface area contributed by atoms with Gasteiger partial charge in [-0.05, 0) is 42.2 Å². The summed E-state index contributed by atoms with van der Waals surface area (Å²) >= 11 is 0. The highest BCUT2D eigenvalue weighted by Gasteiger charge is 2.02. The van der Waals surface area contributed by atoms with Gasteiger partial charge in [-0.25, -0.2) is 0 Å². The number of benzene rings is 2. The van der Waals surface area contributed by atoms with E-state index in [1.807, 2.05) is 12.1 Å². The van der Waals surface area contributed by atoms with E-state index in [0.717, 1.165) is 18.5 Å². The SMILES string of the molecule is Nc1ccc(CCc2c[nH]c3ccccc23)cc1. The Morgan fingerprint density at radius 2 is 1.67 bits per heavy atom. The Balaban J connectivity index is 1.79. The van der Waals surface area contributed by atoms with Gasteiger partial charge in [0.2, 0.25) is 0 Å². The highest BCUT2D eigenvalue weighted by molar-refractivity contribution is 5.83. The average molecular weight is 236 g/mol. The molecular formula is C16H16N2. The van der Waals surface area contributed by atoms with Crippen molar-refractivity contribution in [2.45, 2.75) is 12.8 Å². The Labute approximate surface area is 106 Å². The van der Waals surface area contributed by atoms with E-state index in [2.05, 4.69) is 47.6 Å². The predicted molar refractivity (Wildman–Crippen MR) is 76.6 cm³/mol. The van der Waals surface area contributed by atoms with Crippen molar-refractivity contribution in [1.29, 1.82) is 0 Å². The Kier molecular flexibility index (Phi) is 2.77. The number of nitrogen functional groups attached to an aromatic ring is 1. The summed E-state index contributed by atoms with van der Waals surface area (Å²) in [4.78, 5) is 3.31. The largest absolute Gasteiger partial charge is 0.399 e. The number of hydrogen-bond acceptors (Lipinski definition) is 1. The van der Waals surface area contributed by atoms with Crippen LogP contribution in [0.1, 0.15) is 11.1 Å². The molecule has 3 N–H and O–H groups in total. The number of H-pyrrole nitrogens is 1. The summed E-state index contributed by atoms with van der Waals surface area (Å²) in [7, 11) is 0. The molecule has 0 spiro atoms. The Morgan fingerprint density at radius 1 is 0.889 bits per heavy atom. The van der Waals surface area contributed by atoms with Crippen LogP contribution < -0.4 is 5.73 Å². The lowest BCUT2D eigenvalue weighted by atomic mass is 10.0. The van der Waals surface area contributed by atoms with Crippen LogP contribution in [0.3, 0.4) is 0 Å². The lowest BCUT2D eigenvalue weighted by Gasteiger charge is -2.01. The fourth-order valence-corrected chi connectivity index (χ4v) is 2.30. The number of para-hydroxylation sites is 1. The maximum atomic E-state index is 5.69. The highest BCUT2D eigenvalue weighted by atomic mass is 14.7. The van der Waals surface area contributed by atoms with E-state index < -0.39 is 0 Å². The molecule has 18 heavy (non-hydrogen) atoms. The van der Waals surface area contributed by atoms with E-state index in [-0.39, 0.29) is 0 Å². The van der Waals surface area contributed by atoms with Crippen molar-refractivity contribution in [1.82, 2.24) is 4.98 Å². The minimum atomic E-state index is 0.825. The summed E-state index contributed by atoms with van der Waals surface area (Å²) in [6.45, 7) is 0. The maximum absolute atomic E-state index is 5.69. The summed E-state index contributed by atoms with van der Waals surface area (Å²) < 4.78 is 0. The lowest BCUT2D eigenvalue weighted by molar-refractivity contribution is 0.968. The Morgan fingerprint density at radius 3 is 2.50 bits per heavy atom. The van der Waals surface area contributed by atoms with Gasteiger partial charge < -0.3 is 10.7 Å². The smallest absolute Gasteiger partial charge is 0.0456 e. The molecule has 0 saturated heterocycles. The van der Waals surface area contributed by atoms with E-state index >= 15 is 0 Å². The number of aromatic nitrogens is 1. The van der Waals surface area contributed by atoms with Crippen LogP contribution in [0, 0.1) is 0 Å². The quantitative estimate of drug-likeness (QED) is 0.671. The molecule has 0 saturated carbocycles. The second-order valence-corrected chi connectivity index (χ2v) is 4.60. The second kappa shape index (κ2) is 4.57. The number of anilines is 1. The number of hydrogen-bond donors (Lipinski definition) is 2. The maximum Gasteiger partial charge on any atom is 0.0456 e. The molecule has 1 heterocycles. The predicted octanol–water partition coefficient (Wildman–Crippen LogP) is 3.54. The summed E-state index contributed by atoms with van der Waals surface area (Å²) in [6.07, 6.45) is 4.21. The summed E-state index contributed by atoms with van der Waals surface area (Å²) in [5.74, 6) is 0. The molecule has 90 valence electrons. The van der Waals surface area contributed by atoms with Gasteiger partial charge in [-0.2, -0.15) is 0 Å². The number of aryl methyl sites for hydroxylation is 2. The molecule has 3 rings (SSSR count). The first-order chi connectivity index (χ1) is 8.83. The Hall–Kier alpha value is -2.22. The number of aromatic amines is 1. The van der Waals surface area contributed by atoms with Crippen LogP contribution in [-0.2, 0) is 12.8 Å². The molecule has 0 aliphatic carbocycles. The van der Waals surface area contributed by atoms with Crippen LogP contribution in [0.2, 0.25) is 0 Å². The normalized spacial score (nSPS) is 10.9. The van der Waals surface area contributed by atoms with Crippen LogP contribution in [0.4, 0.5) is 5.69 Å². The van der Waals surface area contributed by atoms with Gasteiger partial charge in [0.1, 0.15) is 0 Å². The fraction of sp³-hybridized carbons (Fsp3) is 0.125. The van der Waals surface area contributed by atoms with E-state index in [0.29, 0.717) is 0 Å². The number of nitrogens with one attached hydrogen (secondary N) is 1. The van der Waals surface area contributed by atoms with Gasteiger partial charge >= 0.3 is 0 Å². The van der Waals surface area contributed by atoms with Crippen LogP contribution >= 0.6 is 0 Å². The first-order valence-corrected chi connectivity index (χ1v) is 6.22. The van der Waals surface area contributed by atoms with Gasteiger partial charge in [-0.1, -0.05) is 30.3 Å².